The lowest BCUT2D eigenvalue weighted by Crippen LogP contribution is -2.18. The second kappa shape index (κ2) is 9.40. The Kier molecular flexibility index (Phi) is 9.51. The van der Waals surface area contributed by atoms with Crippen molar-refractivity contribution in [1.29, 1.82) is 0 Å². The molecular formula is C11H22O2S2. The summed E-state index contributed by atoms with van der Waals surface area (Å²) >= 11 is 8.38. The van der Waals surface area contributed by atoms with Crippen molar-refractivity contribution in [3.63, 3.8) is 0 Å². The maximum atomic E-state index is 11.4. The fourth-order valence-electron chi connectivity index (χ4n) is 1.57. The molecule has 0 saturated carbocycles. The molecule has 0 bridgehead atoms. The van der Waals surface area contributed by atoms with E-state index in [0.717, 1.165) is 12.8 Å². The van der Waals surface area contributed by atoms with Gasteiger partial charge in [-0.15, -0.1) is 0 Å². The number of rotatable bonds is 8. The lowest BCUT2D eigenvalue weighted by atomic mass is 9.98. The van der Waals surface area contributed by atoms with E-state index in [-0.39, 0.29) is 16.5 Å². The summed E-state index contributed by atoms with van der Waals surface area (Å²) in [7, 11) is 1.44. The molecule has 4 heteroatoms. The van der Waals surface area contributed by atoms with Crippen LogP contribution in [0.2, 0.25) is 0 Å². The number of unbranched alkanes of at least 4 members (excludes halogenated alkanes) is 3. The minimum Gasteiger partial charge on any atom is -0.469 e. The number of ether oxygens (including phenoxy) is 1. The van der Waals surface area contributed by atoms with Gasteiger partial charge in [0.2, 0.25) is 0 Å². The monoisotopic (exact) mass is 250 g/mol. The summed E-state index contributed by atoms with van der Waals surface area (Å²) in [6.07, 6.45) is 6.30. The quantitative estimate of drug-likeness (QED) is 0.299. The van der Waals surface area contributed by atoms with Gasteiger partial charge in [-0.25, -0.2) is 0 Å². The summed E-state index contributed by atoms with van der Waals surface area (Å²) < 4.78 is 4.72. The molecule has 0 aromatic heterocycles. The van der Waals surface area contributed by atoms with Gasteiger partial charge in [0.15, 0.2) is 0 Å². The topological polar surface area (TPSA) is 26.3 Å². The number of hydrogen-bond donors (Lipinski definition) is 2. The average molecular weight is 250 g/mol. The Hall–Kier alpha value is 0.170. The first-order chi connectivity index (χ1) is 7.11. The maximum absolute atomic E-state index is 11.4. The number of esters is 1. The van der Waals surface area contributed by atoms with Crippen molar-refractivity contribution in [2.24, 2.45) is 5.92 Å². The molecule has 15 heavy (non-hydrogen) atoms. The number of carbonyl (C=O) groups excluding carboxylic acids is 1. The Morgan fingerprint density at radius 1 is 1.27 bits per heavy atom. The summed E-state index contributed by atoms with van der Waals surface area (Å²) in [6.45, 7) is 2.18. The molecule has 1 unspecified atom stereocenters. The largest absolute Gasteiger partial charge is 0.469 e. The van der Waals surface area contributed by atoms with Crippen molar-refractivity contribution >= 4 is 31.2 Å². The summed E-state index contributed by atoms with van der Waals surface area (Å²) in [5.41, 5.74) is 0. The average Bonchev–Trinajstić information content (AvgIpc) is 2.21. The van der Waals surface area contributed by atoms with Gasteiger partial charge in [0.05, 0.1) is 13.0 Å². The normalized spacial score (nSPS) is 12.9. The first kappa shape index (κ1) is 15.2. The van der Waals surface area contributed by atoms with Gasteiger partial charge in [0.25, 0.3) is 0 Å². The van der Waals surface area contributed by atoms with Crippen LogP contribution in [0, 0.1) is 5.92 Å². The van der Waals surface area contributed by atoms with Crippen LogP contribution in [-0.2, 0) is 9.53 Å². The highest BCUT2D eigenvalue weighted by Gasteiger charge is 2.20. The van der Waals surface area contributed by atoms with E-state index >= 15 is 0 Å². The third kappa shape index (κ3) is 8.03. The van der Waals surface area contributed by atoms with Gasteiger partial charge >= 0.3 is 5.97 Å². The van der Waals surface area contributed by atoms with E-state index in [1.54, 1.807) is 0 Å². The summed E-state index contributed by atoms with van der Waals surface area (Å²) in [5, 5.41) is 0. The molecular weight excluding hydrogens is 228 g/mol. The fourth-order valence-corrected chi connectivity index (χ4v) is 2.08. The van der Waals surface area contributed by atoms with Gasteiger partial charge in [-0.1, -0.05) is 32.6 Å². The van der Waals surface area contributed by atoms with E-state index in [9.17, 15) is 4.79 Å². The molecule has 0 N–H and O–H groups in total. The molecule has 0 heterocycles. The molecule has 0 saturated heterocycles. The number of methoxy groups -OCH3 is 1. The van der Waals surface area contributed by atoms with Crippen LogP contribution >= 0.6 is 25.3 Å². The lowest BCUT2D eigenvalue weighted by Gasteiger charge is -2.15. The van der Waals surface area contributed by atoms with Crippen LogP contribution in [0.3, 0.4) is 0 Å². The number of hydrogen-bond acceptors (Lipinski definition) is 4. The van der Waals surface area contributed by atoms with E-state index in [2.05, 4.69) is 32.2 Å². The Balaban J connectivity index is 3.85. The molecule has 0 aliphatic heterocycles. The molecule has 0 radical (unpaired) electrons. The van der Waals surface area contributed by atoms with Crippen molar-refractivity contribution in [3.05, 3.63) is 0 Å². The lowest BCUT2D eigenvalue weighted by molar-refractivity contribution is -0.145. The molecule has 0 aliphatic rings. The Morgan fingerprint density at radius 2 is 1.93 bits per heavy atom. The van der Waals surface area contributed by atoms with E-state index in [1.807, 2.05) is 0 Å². The predicted octanol–water partition coefficient (Wildman–Crippen LogP) is 3.32. The third-order valence-electron chi connectivity index (χ3n) is 2.44. The highest BCUT2D eigenvalue weighted by Crippen LogP contribution is 2.21. The zero-order chi connectivity index (χ0) is 11.7. The minimum atomic E-state index is -0.125. The van der Waals surface area contributed by atoms with Crippen molar-refractivity contribution in [2.75, 3.05) is 7.11 Å². The first-order valence-corrected chi connectivity index (χ1v) is 6.59. The molecule has 0 aromatic rings. The Bertz CT molecular complexity index is 172. The number of carbonyl (C=O) groups is 1. The number of thiol groups is 2. The standard InChI is InChI=1S/C11H22O2S2/c1-3-4-5-6-7-9(8-10(14)15)11(12)13-2/h9-10,14-15H,3-8H2,1-2H3. The van der Waals surface area contributed by atoms with Crippen LogP contribution < -0.4 is 0 Å². The summed E-state index contributed by atoms with van der Waals surface area (Å²) in [4.78, 5) is 11.4. The van der Waals surface area contributed by atoms with Crippen molar-refractivity contribution in [2.45, 2.75) is 50.0 Å². The molecule has 1 atom stereocenters. The van der Waals surface area contributed by atoms with Gasteiger partial charge in [-0.3, -0.25) is 4.79 Å². The molecule has 0 amide bonds. The van der Waals surface area contributed by atoms with Gasteiger partial charge in [-0.2, -0.15) is 25.3 Å². The summed E-state index contributed by atoms with van der Waals surface area (Å²) in [6, 6.07) is 0. The van der Waals surface area contributed by atoms with Crippen LogP contribution in [0.25, 0.3) is 0 Å². The van der Waals surface area contributed by atoms with E-state index in [1.165, 1.54) is 26.4 Å². The minimum absolute atomic E-state index is 0.0353. The summed E-state index contributed by atoms with van der Waals surface area (Å²) in [5.74, 6) is -0.161. The molecule has 2 nitrogen and oxygen atoms in total. The fraction of sp³-hybridized carbons (Fsp3) is 0.909. The van der Waals surface area contributed by atoms with Gasteiger partial charge < -0.3 is 4.74 Å². The molecule has 0 spiro atoms. The molecule has 0 fully saturated rings. The first-order valence-electron chi connectivity index (χ1n) is 5.55. The Morgan fingerprint density at radius 3 is 2.40 bits per heavy atom. The highest BCUT2D eigenvalue weighted by molar-refractivity contribution is 7.99. The highest BCUT2D eigenvalue weighted by atomic mass is 32.2. The molecule has 0 aliphatic carbocycles. The molecule has 90 valence electrons. The van der Waals surface area contributed by atoms with Crippen molar-refractivity contribution < 1.29 is 9.53 Å². The maximum Gasteiger partial charge on any atom is 0.308 e. The second-order valence-electron chi connectivity index (χ2n) is 3.79. The van der Waals surface area contributed by atoms with Crippen LogP contribution in [0.1, 0.15) is 45.4 Å². The Labute approximate surface area is 104 Å². The molecule has 0 rings (SSSR count). The zero-order valence-electron chi connectivity index (χ0n) is 9.61. The van der Waals surface area contributed by atoms with Crippen LogP contribution in [-0.4, -0.2) is 17.7 Å². The zero-order valence-corrected chi connectivity index (χ0v) is 11.4. The van der Waals surface area contributed by atoms with Gasteiger partial charge in [0.1, 0.15) is 0 Å². The SMILES string of the molecule is CCCCCCC(CC(S)S)C(=O)OC. The second-order valence-corrected chi connectivity index (χ2v) is 5.44. The van der Waals surface area contributed by atoms with Gasteiger partial charge in [0, 0.05) is 4.58 Å². The van der Waals surface area contributed by atoms with Crippen molar-refractivity contribution in [3.8, 4) is 0 Å². The van der Waals surface area contributed by atoms with E-state index < -0.39 is 0 Å². The third-order valence-corrected chi connectivity index (χ3v) is 2.86. The van der Waals surface area contributed by atoms with E-state index in [0.29, 0.717) is 6.42 Å². The smallest absolute Gasteiger partial charge is 0.308 e. The van der Waals surface area contributed by atoms with Crippen LogP contribution in [0.4, 0.5) is 0 Å². The van der Waals surface area contributed by atoms with Crippen molar-refractivity contribution in [1.82, 2.24) is 0 Å². The molecule has 0 aromatic carbocycles. The predicted molar refractivity (Wildman–Crippen MR) is 70.6 cm³/mol. The van der Waals surface area contributed by atoms with Gasteiger partial charge in [-0.05, 0) is 12.8 Å². The van der Waals surface area contributed by atoms with Crippen LogP contribution in [0.15, 0.2) is 0 Å². The van der Waals surface area contributed by atoms with Crippen LogP contribution in [0.5, 0.6) is 0 Å². The van der Waals surface area contributed by atoms with E-state index in [4.69, 9.17) is 4.74 Å².